The molecule has 1 heterocycles. The van der Waals surface area contributed by atoms with Gasteiger partial charge >= 0.3 is 5.97 Å². The van der Waals surface area contributed by atoms with Gasteiger partial charge in [-0.3, -0.25) is 19.9 Å². The van der Waals surface area contributed by atoms with Gasteiger partial charge in [0.1, 0.15) is 23.5 Å². The third-order valence-corrected chi connectivity index (χ3v) is 8.95. The van der Waals surface area contributed by atoms with Crippen LogP contribution in [0.1, 0.15) is 36.5 Å². The van der Waals surface area contributed by atoms with Crippen molar-refractivity contribution in [3.8, 4) is 5.75 Å². The second-order valence-corrected chi connectivity index (χ2v) is 12.5. The predicted octanol–water partition coefficient (Wildman–Crippen LogP) is 4.91. The SMILES string of the molecule is CCOC(=O)CS(=O)(=O)N(C/C=C/c1cccc(C(=N)N)c1)c1ccc(OC2CCN(C(=N)c3ccccc3)CC2)c(Cl)c1. The number of esters is 1. The number of anilines is 1. The van der Waals surface area contributed by atoms with Crippen molar-refractivity contribution in [3.05, 3.63) is 101 Å². The van der Waals surface area contributed by atoms with Crippen LogP contribution in [0.2, 0.25) is 5.02 Å². The molecule has 4 rings (SSSR count). The third-order valence-electron chi connectivity index (χ3n) is 7.02. The summed E-state index contributed by atoms with van der Waals surface area (Å²) in [5.74, 6) is -0.857. The van der Waals surface area contributed by atoms with Gasteiger partial charge in [0.2, 0.25) is 10.0 Å². The Hall–Kier alpha value is -4.35. The van der Waals surface area contributed by atoms with Gasteiger partial charge < -0.3 is 20.1 Å². The number of rotatable bonds is 12. The second kappa shape index (κ2) is 14.9. The molecule has 1 aliphatic heterocycles. The number of halogens is 1. The molecule has 0 bridgehead atoms. The highest BCUT2D eigenvalue weighted by atomic mass is 35.5. The lowest BCUT2D eigenvalue weighted by atomic mass is 10.1. The first-order valence-corrected chi connectivity index (χ1v) is 16.2. The minimum Gasteiger partial charge on any atom is -0.489 e. The van der Waals surface area contributed by atoms with E-state index in [4.69, 9.17) is 37.6 Å². The number of nitrogens with one attached hydrogen (secondary N) is 2. The molecule has 0 aromatic heterocycles. The van der Waals surface area contributed by atoms with Crippen molar-refractivity contribution < 1.29 is 22.7 Å². The zero-order valence-electron chi connectivity index (χ0n) is 24.4. The number of ether oxygens (including phenoxy) is 2. The number of nitrogens with two attached hydrogens (primary N) is 1. The third kappa shape index (κ3) is 8.61. The summed E-state index contributed by atoms with van der Waals surface area (Å²) in [5, 5.41) is 16.4. The van der Waals surface area contributed by atoms with E-state index in [0.717, 1.165) is 15.4 Å². The lowest BCUT2D eigenvalue weighted by Crippen LogP contribution is -2.41. The van der Waals surface area contributed by atoms with Crippen LogP contribution in [0.25, 0.3) is 6.08 Å². The Balaban J connectivity index is 1.47. The monoisotopic (exact) mass is 637 g/mol. The highest BCUT2D eigenvalue weighted by Crippen LogP contribution is 2.33. The molecule has 12 heteroatoms. The van der Waals surface area contributed by atoms with Gasteiger partial charge in [0, 0.05) is 37.1 Å². The number of carbonyl (C=O) groups is 1. The van der Waals surface area contributed by atoms with Gasteiger partial charge in [-0.1, -0.05) is 72.3 Å². The normalized spacial score (nSPS) is 13.9. The fraction of sp³-hybridized carbons (Fsp3) is 0.281. The van der Waals surface area contributed by atoms with Crippen molar-refractivity contribution in [2.24, 2.45) is 5.73 Å². The fourth-order valence-corrected chi connectivity index (χ4v) is 6.30. The van der Waals surface area contributed by atoms with E-state index in [1.165, 1.54) is 6.07 Å². The Morgan fingerprint density at radius 3 is 2.41 bits per heavy atom. The summed E-state index contributed by atoms with van der Waals surface area (Å²) < 4.78 is 38.9. The van der Waals surface area contributed by atoms with Crippen molar-refractivity contribution in [1.82, 2.24) is 4.90 Å². The van der Waals surface area contributed by atoms with Crippen LogP contribution in [0.4, 0.5) is 5.69 Å². The highest BCUT2D eigenvalue weighted by Gasteiger charge is 2.28. The van der Waals surface area contributed by atoms with E-state index in [1.54, 1.807) is 55.5 Å². The Morgan fingerprint density at radius 2 is 1.75 bits per heavy atom. The summed E-state index contributed by atoms with van der Waals surface area (Å²) in [6.07, 6.45) is 4.63. The molecule has 1 fully saturated rings. The molecule has 0 atom stereocenters. The molecule has 3 aromatic carbocycles. The number of hydrogen-bond donors (Lipinski definition) is 3. The average molecular weight is 638 g/mol. The molecular weight excluding hydrogens is 602 g/mol. The molecule has 44 heavy (non-hydrogen) atoms. The number of amidine groups is 2. The molecule has 1 aliphatic rings. The minimum absolute atomic E-state index is 0.0604. The summed E-state index contributed by atoms with van der Waals surface area (Å²) in [6, 6.07) is 21.3. The number of carbonyl (C=O) groups excluding carboxylic acids is 1. The summed E-state index contributed by atoms with van der Waals surface area (Å²) in [5.41, 5.74) is 7.99. The fourth-order valence-electron chi connectivity index (χ4n) is 4.80. The van der Waals surface area contributed by atoms with Crippen molar-refractivity contribution >= 4 is 51.0 Å². The van der Waals surface area contributed by atoms with Gasteiger partial charge in [-0.2, -0.15) is 0 Å². The quantitative estimate of drug-likeness (QED) is 0.145. The Bertz CT molecular complexity index is 1620. The average Bonchev–Trinajstić information content (AvgIpc) is 3.00. The summed E-state index contributed by atoms with van der Waals surface area (Å²) in [6.45, 7) is 2.90. The highest BCUT2D eigenvalue weighted by molar-refractivity contribution is 7.93. The number of benzene rings is 3. The van der Waals surface area contributed by atoms with E-state index in [9.17, 15) is 13.2 Å². The maximum atomic E-state index is 13.4. The molecule has 0 amide bonds. The molecule has 0 spiro atoms. The lowest BCUT2D eigenvalue weighted by Gasteiger charge is -2.34. The zero-order chi connectivity index (χ0) is 31.7. The Morgan fingerprint density at radius 1 is 1.05 bits per heavy atom. The maximum Gasteiger partial charge on any atom is 0.323 e. The minimum atomic E-state index is -4.14. The van der Waals surface area contributed by atoms with Crippen LogP contribution in [0.5, 0.6) is 5.75 Å². The van der Waals surface area contributed by atoms with Crippen LogP contribution in [-0.2, 0) is 19.6 Å². The first-order valence-electron chi connectivity index (χ1n) is 14.2. The van der Waals surface area contributed by atoms with E-state index < -0.39 is 21.7 Å². The van der Waals surface area contributed by atoms with Gasteiger partial charge in [0.05, 0.1) is 23.9 Å². The number of sulfonamides is 1. The Kier molecular flexibility index (Phi) is 11.0. The number of piperidine rings is 1. The molecule has 4 N–H and O–H groups in total. The van der Waals surface area contributed by atoms with Crippen molar-refractivity contribution in [2.45, 2.75) is 25.9 Å². The molecule has 0 aliphatic carbocycles. The maximum absolute atomic E-state index is 13.4. The number of likely N-dealkylation sites (tertiary alicyclic amines) is 1. The predicted molar refractivity (Wildman–Crippen MR) is 174 cm³/mol. The zero-order valence-corrected chi connectivity index (χ0v) is 26.0. The van der Waals surface area contributed by atoms with Crippen molar-refractivity contribution in [1.29, 1.82) is 10.8 Å². The van der Waals surface area contributed by atoms with Crippen LogP contribution in [-0.4, -0.2) is 69.1 Å². The molecule has 232 valence electrons. The van der Waals surface area contributed by atoms with Gasteiger partial charge in [-0.15, -0.1) is 0 Å². The van der Waals surface area contributed by atoms with Crippen molar-refractivity contribution in [2.75, 3.05) is 36.3 Å². The summed E-state index contributed by atoms with van der Waals surface area (Å²) >= 11 is 6.60. The van der Waals surface area contributed by atoms with Gasteiger partial charge in [0.15, 0.2) is 5.75 Å². The number of hydrogen-bond acceptors (Lipinski definition) is 7. The van der Waals surface area contributed by atoms with Crippen LogP contribution >= 0.6 is 11.6 Å². The number of nitrogen functional groups attached to an aromatic ring is 1. The van der Waals surface area contributed by atoms with E-state index in [0.29, 0.717) is 43.1 Å². The van der Waals surface area contributed by atoms with E-state index in [2.05, 4.69) is 0 Å². The van der Waals surface area contributed by atoms with Crippen molar-refractivity contribution in [3.63, 3.8) is 0 Å². The smallest absolute Gasteiger partial charge is 0.323 e. The van der Waals surface area contributed by atoms with Crippen LogP contribution in [0, 0.1) is 10.8 Å². The molecule has 0 radical (unpaired) electrons. The van der Waals surface area contributed by atoms with Crippen LogP contribution in [0.15, 0.2) is 78.9 Å². The van der Waals surface area contributed by atoms with Gasteiger partial charge in [-0.05, 0) is 36.8 Å². The molecule has 10 nitrogen and oxygen atoms in total. The first-order chi connectivity index (χ1) is 21.1. The second-order valence-electron chi connectivity index (χ2n) is 10.2. The number of nitrogens with zero attached hydrogens (tertiary/aromatic N) is 2. The van der Waals surface area contributed by atoms with Crippen LogP contribution in [0.3, 0.4) is 0 Å². The van der Waals surface area contributed by atoms with E-state index in [-0.39, 0.29) is 35.8 Å². The molecular formula is C32H36ClN5O5S. The first kappa shape index (κ1) is 32.6. The molecule has 0 saturated carbocycles. The molecule has 3 aromatic rings. The summed E-state index contributed by atoms with van der Waals surface area (Å²) in [7, 11) is -4.14. The van der Waals surface area contributed by atoms with Crippen LogP contribution < -0.4 is 14.8 Å². The molecule has 0 unspecified atom stereocenters. The van der Waals surface area contributed by atoms with Gasteiger partial charge in [0.25, 0.3) is 0 Å². The van der Waals surface area contributed by atoms with Gasteiger partial charge in [-0.25, -0.2) is 8.42 Å². The topological polar surface area (TPSA) is 150 Å². The lowest BCUT2D eigenvalue weighted by molar-refractivity contribution is -0.139. The Labute approximate surface area is 263 Å². The largest absolute Gasteiger partial charge is 0.489 e. The summed E-state index contributed by atoms with van der Waals surface area (Å²) in [4.78, 5) is 14.2. The van der Waals surface area contributed by atoms with E-state index in [1.807, 2.05) is 35.2 Å². The molecule has 1 saturated heterocycles. The standard InChI is InChI=1S/C32H36ClN5O5S/c1-2-42-30(39)22-44(40,41)38(17-7-9-23-8-6-12-25(20-23)31(34)35)26-13-14-29(28(33)21-26)43-27-15-18-37(19-16-27)32(36)24-10-4-3-5-11-24/h3-14,20-21,27,36H,2,15-19,22H2,1H3,(H3,34,35)/b9-7+,36-32?. The van der Waals surface area contributed by atoms with E-state index >= 15 is 0 Å².